The molecule has 1 atom stereocenters. The van der Waals surface area contributed by atoms with Crippen LogP contribution in [-0.2, 0) is 9.53 Å². The van der Waals surface area contributed by atoms with Crippen molar-refractivity contribution >= 4 is 45.2 Å². The highest BCUT2D eigenvalue weighted by molar-refractivity contribution is 7.21. The van der Waals surface area contributed by atoms with Crippen molar-refractivity contribution in [1.82, 2.24) is 24.5 Å². The van der Waals surface area contributed by atoms with Gasteiger partial charge in [-0.2, -0.15) is 5.10 Å². The van der Waals surface area contributed by atoms with Crippen LogP contribution in [0.3, 0.4) is 0 Å². The first-order valence-corrected chi connectivity index (χ1v) is 14.3. The molecule has 2 aliphatic heterocycles. The molecule has 1 unspecified atom stereocenters. The number of carbonyl (C=O) groups is 2. The smallest absolute Gasteiger partial charge is 0.260 e. The molecule has 0 aliphatic carbocycles. The zero-order valence-electron chi connectivity index (χ0n) is 22.6. The molecule has 0 aromatic carbocycles. The first-order valence-electron chi connectivity index (χ1n) is 13.5. The van der Waals surface area contributed by atoms with E-state index >= 15 is 0 Å². The lowest BCUT2D eigenvalue weighted by Gasteiger charge is -2.27. The Kier molecular flexibility index (Phi) is 7.46. The standard InChI is InChI=1S/C28H32N8O3S/c1-18-4-3-7-35(18)17-26(37)32-21-13-23(19(2)30-14-21)33-27(38)22-15-31-36-16-24(40-28(22)36)20-5-6-29-25(12-20)34-8-10-39-11-9-34/h5-6,12-16,18H,3-4,7-11,17H2,1-2H3,(H,32,37)(H,33,38). The van der Waals surface area contributed by atoms with Crippen LogP contribution in [0, 0.1) is 6.92 Å². The largest absolute Gasteiger partial charge is 0.378 e. The van der Waals surface area contributed by atoms with Crippen LogP contribution in [0.1, 0.15) is 35.8 Å². The van der Waals surface area contributed by atoms with Crippen LogP contribution in [0.5, 0.6) is 0 Å². The first kappa shape index (κ1) is 26.4. The maximum Gasteiger partial charge on any atom is 0.260 e. The molecule has 11 nitrogen and oxygen atoms in total. The monoisotopic (exact) mass is 560 g/mol. The number of morpholine rings is 1. The molecule has 12 heteroatoms. The number of aromatic nitrogens is 4. The predicted octanol–water partition coefficient (Wildman–Crippen LogP) is 3.67. The normalized spacial score (nSPS) is 17.9. The number of nitrogens with one attached hydrogen (secondary N) is 2. The average molecular weight is 561 g/mol. The van der Waals surface area contributed by atoms with E-state index in [2.05, 4.69) is 48.5 Å². The molecule has 2 aliphatic rings. The number of likely N-dealkylation sites (tertiary alicyclic amines) is 1. The number of rotatable bonds is 7. The van der Waals surface area contributed by atoms with Gasteiger partial charge in [0, 0.05) is 31.5 Å². The number of aryl methyl sites for hydroxylation is 1. The van der Waals surface area contributed by atoms with Gasteiger partial charge in [0.25, 0.3) is 5.91 Å². The molecule has 0 radical (unpaired) electrons. The van der Waals surface area contributed by atoms with Gasteiger partial charge in [-0.1, -0.05) is 0 Å². The Bertz CT molecular complexity index is 1540. The number of nitrogens with zero attached hydrogens (tertiary/aromatic N) is 6. The molecular weight excluding hydrogens is 528 g/mol. The molecule has 0 bridgehead atoms. The molecular formula is C28H32N8O3S. The third-order valence-electron chi connectivity index (χ3n) is 7.46. The number of amides is 2. The Morgan fingerprint density at radius 2 is 1.98 bits per heavy atom. The van der Waals surface area contributed by atoms with Crippen LogP contribution in [0.2, 0.25) is 0 Å². The lowest BCUT2D eigenvalue weighted by Crippen LogP contribution is -2.36. The average Bonchev–Trinajstić information content (AvgIpc) is 3.67. The summed E-state index contributed by atoms with van der Waals surface area (Å²) in [6, 6.07) is 6.19. The van der Waals surface area contributed by atoms with Gasteiger partial charge in [-0.25, -0.2) is 9.50 Å². The fourth-order valence-corrected chi connectivity index (χ4v) is 6.20. The van der Waals surface area contributed by atoms with Gasteiger partial charge in [0.1, 0.15) is 10.6 Å². The quantitative estimate of drug-likeness (QED) is 0.352. The number of carbonyl (C=O) groups excluding carboxylic acids is 2. The van der Waals surface area contributed by atoms with E-state index in [1.807, 2.05) is 25.4 Å². The highest BCUT2D eigenvalue weighted by Gasteiger charge is 2.23. The first-order chi connectivity index (χ1) is 19.4. The summed E-state index contributed by atoms with van der Waals surface area (Å²) < 4.78 is 7.19. The van der Waals surface area contributed by atoms with E-state index in [-0.39, 0.29) is 11.8 Å². The van der Waals surface area contributed by atoms with Gasteiger partial charge in [-0.15, -0.1) is 11.3 Å². The van der Waals surface area contributed by atoms with Crippen molar-refractivity contribution in [2.75, 3.05) is 54.9 Å². The predicted molar refractivity (Wildman–Crippen MR) is 155 cm³/mol. The maximum absolute atomic E-state index is 13.3. The molecule has 0 spiro atoms. The highest BCUT2D eigenvalue weighted by Crippen LogP contribution is 2.32. The van der Waals surface area contributed by atoms with Crippen molar-refractivity contribution in [3.63, 3.8) is 0 Å². The summed E-state index contributed by atoms with van der Waals surface area (Å²) in [6.07, 6.45) is 9.15. The SMILES string of the molecule is Cc1ncc(NC(=O)CN2CCCC2C)cc1NC(=O)c1cnn2cc(-c3ccnc(N4CCOCC4)c3)sc12. The van der Waals surface area contributed by atoms with E-state index in [1.54, 1.807) is 23.0 Å². The second-order valence-corrected chi connectivity index (χ2v) is 11.3. The van der Waals surface area contributed by atoms with Gasteiger partial charge in [-0.05, 0) is 57.0 Å². The Labute approximate surface area is 236 Å². The van der Waals surface area contributed by atoms with E-state index in [9.17, 15) is 9.59 Å². The Hall–Kier alpha value is -3.87. The Morgan fingerprint density at radius 1 is 1.12 bits per heavy atom. The van der Waals surface area contributed by atoms with Gasteiger partial charge in [0.05, 0.1) is 59.7 Å². The lowest BCUT2D eigenvalue weighted by molar-refractivity contribution is -0.117. The summed E-state index contributed by atoms with van der Waals surface area (Å²) >= 11 is 1.50. The number of thiazole rings is 1. The summed E-state index contributed by atoms with van der Waals surface area (Å²) in [7, 11) is 0. The highest BCUT2D eigenvalue weighted by atomic mass is 32.1. The minimum atomic E-state index is -0.286. The number of ether oxygens (including phenoxy) is 1. The van der Waals surface area contributed by atoms with Crippen molar-refractivity contribution < 1.29 is 14.3 Å². The van der Waals surface area contributed by atoms with Crippen molar-refractivity contribution in [2.45, 2.75) is 32.7 Å². The number of hydrogen-bond donors (Lipinski definition) is 2. The molecule has 4 aromatic heterocycles. The van der Waals surface area contributed by atoms with E-state index in [0.29, 0.717) is 48.4 Å². The molecule has 0 saturated carbocycles. The molecule has 2 N–H and O–H groups in total. The number of fused-ring (bicyclic) bond motifs is 1. The Balaban J connectivity index is 1.17. The van der Waals surface area contributed by atoms with Crippen LogP contribution in [0.25, 0.3) is 15.3 Å². The second kappa shape index (κ2) is 11.3. The Morgan fingerprint density at radius 3 is 2.77 bits per heavy atom. The summed E-state index contributed by atoms with van der Waals surface area (Å²) in [5, 5.41) is 10.3. The minimum absolute atomic E-state index is 0.0889. The summed E-state index contributed by atoms with van der Waals surface area (Å²) in [6.45, 7) is 8.25. The van der Waals surface area contributed by atoms with E-state index in [4.69, 9.17) is 4.74 Å². The molecule has 40 heavy (non-hydrogen) atoms. The van der Waals surface area contributed by atoms with Crippen LogP contribution in [0.4, 0.5) is 17.2 Å². The molecule has 2 amide bonds. The third kappa shape index (κ3) is 5.55. The molecule has 2 saturated heterocycles. The summed E-state index contributed by atoms with van der Waals surface area (Å²) in [4.78, 5) is 41.0. The van der Waals surface area contributed by atoms with E-state index in [1.165, 1.54) is 11.3 Å². The van der Waals surface area contributed by atoms with Crippen LogP contribution >= 0.6 is 11.3 Å². The molecule has 6 rings (SSSR count). The van der Waals surface area contributed by atoms with Gasteiger partial charge >= 0.3 is 0 Å². The van der Waals surface area contributed by atoms with Gasteiger partial charge in [0.15, 0.2) is 0 Å². The maximum atomic E-state index is 13.3. The molecule has 4 aromatic rings. The van der Waals surface area contributed by atoms with E-state index < -0.39 is 0 Å². The fourth-order valence-electron chi connectivity index (χ4n) is 5.14. The van der Waals surface area contributed by atoms with Gasteiger partial charge in [0.2, 0.25) is 5.91 Å². The van der Waals surface area contributed by atoms with Crippen molar-refractivity contribution in [2.24, 2.45) is 0 Å². The zero-order valence-corrected chi connectivity index (χ0v) is 23.4. The lowest BCUT2D eigenvalue weighted by atomic mass is 10.2. The minimum Gasteiger partial charge on any atom is -0.378 e. The van der Waals surface area contributed by atoms with Crippen LogP contribution < -0.4 is 15.5 Å². The molecule has 2 fully saturated rings. The molecule has 6 heterocycles. The summed E-state index contributed by atoms with van der Waals surface area (Å²) in [5.74, 6) is 0.537. The van der Waals surface area contributed by atoms with Crippen LogP contribution in [0.15, 0.2) is 43.0 Å². The number of pyridine rings is 2. The second-order valence-electron chi connectivity index (χ2n) is 10.2. The number of anilines is 3. The topological polar surface area (TPSA) is 117 Å². The zero-order chi connectivity index (χ0) is 27.6. The third-order valence-corrected chi connectivity index (χ3v) is 8.62. The van der Waals surface area contributed by atoms with E-state index in [0.717, 1.165) is 53.6 Å². The van der Waals surface area contributed by atoms with Crippen molar-refractivity contribution in [1.29, 1.82) is 0 Å². The summed E-state index contributed by atoms with van der Waals surface area (Å²) in [5.41, 5.74) is 3.23. The van der Waals surface area contributed by atoms with Crippen molar-refractivity contribution in [3.05, 3.63) is 54.2 Å². The van der Waals surface area contributed by atoms with Crippen molar-refractivity contribution in [3.8, 4) is 10.4 Å². The van der Waals surface area contributed by atoms with Crippen LogP contribution in [-0.4, -0.2) is 81.7 Å². The fraction of sp³-hybridized carbons (Fsp3) is 0.393. The van der Waals surface area contributed by atoms with Gasteiger partial charge in [-0.3, -0.25) is 19.5 Å². The number of hydrogen-bond acceptors (Lipinski definition) is 9. The van der Waals surface area contributed by atoms with Gasteiger partial charge < -0.3 is 20.3 Å². The molecule has 208 valence electrons.